The molecule has 3 nitrogen and oxygen atoms in total. The molecule has 104 valence electrons. The molecule has 0 bridgehead atoms. The standard InChI is InChI=1S/C17H20N2O/c1-18(2)19-11-10-16(20-3)17(19)15-9-8-13-6-4-5-7-14(13)12-15/h4-10,12,17H,11H2,1-3H3. The highest BCUT2D eigenvalue weighted by Gasteiger charge is 2.31. The van der Waals surface area contributed by atoms with Gasteiger partial charge in [-0.2, -0.15) is 0 Å². The summed E-state index contributed by atoms with van der Waals surface area (Å²) in [7, 11) is 5.89. The fourth-order valence-corrected chi connectivity index (χ4v) is 2.85. The summed E-state index contributed by atoms with van der Waals surface area (Å²) in [5.74, 6) is 1.02. The number of rotatable bonds is 3. The van der Waals surface area contributed by atoms with Crippen molar-refractivity contribution >= 4 is 10.8 Å². The van der Waals surface area contributed by atoms with E-state index in [1.807, 2.05) is 0 Å². The summed E-state index contributed by atoms with van der Waals surface area (Å²) < 4.78 is 5.56. The van der Waals surface area contributed by atoms with E-state index in [0.717, 1.165) is 12.3 Å². The van der Waals surface area contributed by atoms with E-state index < -0.39 is 0 Å². The fourth-order valence-electron chi connectivity index (χ4n) is 2.85. The molecule has 1 atom stereocenters. The summed E-state index contributed by atoms with van der Waals surface area (Å²) in [5, 5.41) is 6.96. The van der Waals surface area contributed by atoms with Gasteiger partial charge in [0.1, 0.15) is 11.8 Å². The average molecular weight is 268 g/mol. The van der Waals surface area contributed by atoms with Crippen molar-refractivity contribution in [1.82, 2.24) is 10.0 Å². The second-order valence-electron chi connectivity index (χ2n) is 5.29. The first-order valence-electron chi connectivity index (χ1n) is 6.87. The molecule has 1 aliphatic rings. The Morgan fingerprint density at radius 3 is 2.55 bits per heavy atom. The van der Waals surface area contributed by atoms with Gasteiger partial charge in [-0.25, -0.2) is 10.0 Å². The lowest BCUT2D eigenvalue weighted by Crippen LogP contribution is -2.37. The maximum absolute atomic E-state index is 5.56. The molecular weight excluding hydrogens is 248 g/mol. The molecule has 3 heteroatoms. The maximum atomic E-state index is 5.56. The monoisotopic (exact) mass is 268 g/mol. The Morgan fingerprint density at radius 1 is 1.10 bits per heavy atom. The van der Waals surface area contributed by atoms with E-state index in [1.54, 1.807) is 7.11 Å². The van der Waals surface area contributed by atoms with Crippen LogP contribution in [0.1, 0.15) is 11.6 Å². The zero-order valence-electron chi connectivity index (χ0n) is 12.2. The zero-order chi connectivity index (χ0) is 14.1. The minimum atomic E-state index is 0.166. The highest BCUT2D eigenvalue weighted by atomic mass is 16.5. The number of ether oxygens (including phenoxy) is 1. The Labute approximate surface area is 120 Å². The molecule has 0 N–H and O–H groups in total. The molecule has 2 aromatic carbocycles. The van der Waals surface area contributed by atoms with Gasteiger partial charge in [0.05, 0.1) is 7.11 Å². The normalized spacial score (nSPS) is 19.6. The Morgan fingerprint density at radius 2 is 1.85 bits per heavy atom. The van der Waals surface area contributed by atoms with Crippen LogP contribution >= 0.6 is 0 Å². The number of hydrogen-bond donors (Lipinski definition) is 0. The van der Waals surface area contributed by atoms with Crippen LogP contribution in [0.25, 0.3) is 10.8 Å². The quantitative estimate of drug-likeness (QED) is 0.850. The number of benzene rings is 2. The molecule has 0 amide bonds. The lowest BCUT2D eigenvalue weighted by atomic mass is 10.0. The SMILES string of the molecule is COC1=CCN(N(C)C)C1c1ccc2ccccc2c1. The molecule has 2 aromatic rings. The van der Waals surface area contributed by atoms with Gasteiger partial charge in [-0.15, -0.1) is 0 Å². The van der Waals surface area contributed by atoms with Crippen LogP contribution in [0.4, 0.5) is 0 Å². The summed E-state index contributed by atoms with van der Waals surface area (Å²) in [5.41, 5.74) is 1.27. The van der Waals surface area contributed by atoms with Crippen molar-refractivity contribution < 1.29 is 4.74 Å². The number of fused-ring (bicyclic) bond motifs is 1. The van der Waals surface area contributed by atoms with Crippen molar-refractivity contribution in [1.29, 1.82) is 0 Å². The van der Waals surface area contributed by atoms with Crippen molar-refractivity contribution in [2.75, 3.05) is 27.7 Å². The van der Waals surface area contributed by atoms with Crippen LogP contribution in [-0.2, 0) is 4.74 Å². The zero-order valence-corrected chi connectivity index (χ0v) is 12.2. The van der Waals surface area contributed by atoms with Crippen LogP contribution in [0.3, 0.4) is 0 Å². The molecule has 0 saturated heterocycles. The summed E-state index contributed by atoms with van der Waals surface area (Å²) in [4.78, 5) is 0. The van der Waals surface area contributed by atoms with E-state index in [0.29, 0.717) is 0 Å². The van der Waals surface area contributed by atoms with E-state index in [-0.39, 0.29) is 6.04 Å². The summed E-state index contributed by atoms with van der Waals surface area (Å²) >= 11 is 0. The minimum Gasteiger partial charge on any atom is -0.499 e. The Hall–Kier alpha value is -1.84. The lowest BCUT2D eigenvalue weighted by molar-refractivity contribution is 0.00351. The first-order valence-corrected chi connectivity index (χ1v) is 6.87. The van der Waals surface area contributed by atoms with Gasteiger partial charge in [0.2, 0.25) is 0 Å². The summed E-state index contributed by atoms with van der Waals surface area (Å²) in [6, 6.07) is 15.3. The summed E-state index contributed by atoms with van der Waals surface area (Å²) in [6.45, 7) is 0.883. The highest BCUT2D eigenvalue weighted by molar-refractivity contribution is 5.83. The van der Waals surface area contributed by atoms with Crippen molar-refractivity contribution in [3.05, 3.63) is 59.9 Å². The second kappa shape index (κ2) is 5.27. The van der Waals surface area contributed by atoms with Crippen molar-refractivity contribution in [3.8, 4) is 0 Å². The highest BCUT2D eigenvalue weighted by Crippen LogP contribution is 2.35. The molecule has 1 unspecified atom stereocenters. The molecule has 0 spiro atoms. The third kappa shape index (κ3) is 2.19. The van der Waals surface area contributed by atoms with Gasteiger partial charge < -0.3 is 4.74 Å². The van der Waals surface area contributed by atoms with Crippen LogP contribution < -0.4 is 0 Å². The predicted octanol–water partition coefficient (Wildman–Crippen LogP) is 3.20. The van der Waals surface area contributed by atoms with Crippen molar-refractivity contribution in [2.45, 2.75) is 6.04 Å². The average Bonchev–Trinajstić information content (AvgIpc) is 2.90. The van der Waals surface area contributed by atoms with E-state index in [9.17, 15) is 0 Å². The van der Waals surface area contributed by atoms with Crippen LogP contribution in [0, 0.1) is 0 Å². The van der Waals surface area contributed by atoms with Crippen molar-refractivity contribution in [2.24, 2.45) is 0 Å². The first kappa shape index (κ1) is 13.2. The maximum Gasteiger partial charge on any atom is 0.116 e. The molecule has 1 aliphatic heterocycles. The van der Waals surface area contributed by atoms with Gasteiger partial charge in [0, 0.05) is 20.6 Å². The van der Waals surface area contributed by atoms with Crippen LogP contribution in [0.2, 0.25) is 0 Å². The first-order chi connectivity index (χ1) is 9.70. The lowest BCUT2D eigenvalue weighted by Gasteiger charge is -2.32. The van der Waals surface area contributed by atoms with Crippen LogP contribution in [0.5, 0.6) is 0 Å². The summed E-state index contributed by atoms with van der Waals surface area (Å²) in [6.07, 6.45) is 2.15. The molecule has 0 fully saturated rings. The largest absolute Gasteiger partial charge is 0.499 e. The minimum absolute atomic E-state index is 0.166. The van der Waals surface area contributed by atoms with Crippen LogP contribution in [-0.4, -0.2) is 37.8 Å². The molecule has 0 radical (unpaired) electrons. The third-order valence-corrected chi connectivity index (χ3v) is 3.89. The molecule has 1 heterocycles. The van der Waals surface area contributed by atoms with E-state index in [2.05, 4.69) is 72.7 Å². The van der Waals surface area contributed by atoms with Crippen LogP contribution in [0.15, 0.2) is 54.3 Å². The van der Waals surface area contributed by atoms with E-state index in [1.165, 1.54) is 16.3 Å². The topological polar surface area (TPSA) is 15.7 Å². The van der Waals surface area contributed by atoms with Gasteiger partial charge in [0.25, 0.3) is 0 Å². The predicted molar refractivity (Wildman–Crippen MR) is 82.2 cm³/mol. The molecule has 0 aliphatic carbocycles. The Kier molecular flexibility index (Phi) is 3.47. The molecule has 20 heavy (non-hydrogen) atoms. The van der Waals surface area contributed by atoms with Gasteiger partial charge in [-0.1, -0.05) is 36.4 Å². The molecule has 0 aromatic heterocycles. The van der Waals surface area contributed by atoms with E-state index >= 15 is 0 Å². The van der Waals surface area contributed by atoms with Gasteiger partial charge >= 0.3 is 0 Å². The number of methoxy groups -OCH3 is 1. The van der Waals surface area contributed by atoms with E-state index in [4.69, 9.17) is 4.74 Å². The fraction of sp³-hybridized carbons (Fsp3) is 0.294. The molecular formula is C17H20N2O. The number of nitrogens with zero attached hydrogens (tertiary/aromatic N) is 2. The Bertz CT molecular complexity index is 648. The number of hydrazine groups is 1. The molecule has 0 saturated carbocycles. The van der Waals surface area contributed by atoms with Gasteiger partial charge in [-0.05, 0) is 28.5 Å². The second-order valence-corrected chi connectivity index (χ2v) is 5.29. The third-order valence-electron chi connectivity index (χ3n) is 3.89. The number of hydrogen-bond acceptors (Lipinski definition) is 3. The molecule has 3 rings (SSSR count). The van der Waals surface area contributed by atoms with Gasteiger partial charge in [0.15, 0.2) is 0 Å². The van der Waals surface area contributed by atoms with Crippen molar-refractivity contribution in [3.63, 3.8) is 0 Å². The smallest absolute Gasteiger partial charge is 0.116 e. The van der Waals surface area contributed by atoms with Gasteiger partial charge in [-0.3, -0.25) is 0 Å². The Balaban J connectivity index is 2.05.